The molecule has 1 aliphatic carbocycles. The van der Waals surface area contributed by atoms with Crippen molar-refractivity contribution in [2.75, 3.05) is 0 Å². The molecule has 19 heavy (non-hydrogen) atoms. The number of nitrogens with two attached hydrogens (primary N) is 1. The second-order valence-electron chi connectivity index (χ2n) is 5.18. The maximum Gasteiger partial charge on any atom is 0.155 e. The highest BCUT2D eigenvalue weighted by Crippen LogP contribution is 2.18. The molecule has 1 saturated carbocycles. The molecule has 1 fully saturated rings. The van der Waals surface area contributed by atoms with Gasteiger partial charge in [-0.2, -0.15) is 0 Å². The lowest BCUT2D eigenvalue weighted by Crippen LogP contribution is -2.37. The van der Waals surface area contributed by atoms with Crippen LogP contribution in [0.3, 0.4) is 0 Å². The lowest BCUT2D eigenvalue weighted by atomic mass is 9.92. The molecule has 1 aliphatic rings. The predicted octanol–water partition coefficient (Wildman–Crippen LogP) is 1.85. The minimum Gasteiger partial charge on any atom is -0.328 e. The maximum absolute atomic E-state index is 5.92. The van der Waals surface area contributed by atoms with Crippen molar-refractivity contribution < 1.29 is 0 Å². The first-order valence-corrected chi connectivity index (χ1v) is 7.48. The van der Waals surface area contributed by atoms with Crippen molar-refractivity contribution >= 4 is 21.6 Å². The Bertz CT molecular complexity index is 559. The first kappa shape index (κ1) is 13.0. The van der Waals surface area contributed by atoms with Gasteiger partial charge in [-0.1, -0.05) is 0 Å². The van der Waals surface area contributed by atoms with E-state index in [1.165, 1.54) is 12.8 Å². The van der Waals surface area contributed by atoms with Gasteiger partial charge >= 0.3 is 0 Å². The standard InChI is InChI=1S/C13H18BrN5/c14-12-8-19-11(6-18-13(19)7-17-12)5-16-10-3-1-9(15)2-4-10/h6-10,16H,1-5,15H2. The van der Waals surface area contributed by atoms with Crippen LogP contribution in [0, 0.1) is 0 Å². The van der Waals surface area contributed by atoms with E-state index in [1.807, 2.05) is 12.4 Å². The molecule has 0 radical (unpaired) electrons. The number of aromatic nitrogens is 3. The van der Waals surface area contributed by atoms with Gasteiger partial charge in [0.15, 0.2) is 5.65 Å². The Balaban J connectivity index is 1.67. The third-order valence-corrected chi connectivity index (χ3v) is 4.19. The minimum atomic E-state index is 0.399. The van der Waals surface area contributed by atoms with Crippen molar-refractivity contribution in [3.05, 3.63) is 28.9 Å². The first-order valence-electron chi connectivity index (χ1n) is 6.69. The van der Waals surface area contributed by atoms with Gasteiger partial charge < -0.3 is 11.1 Å². The Kier molecular flexibility index (Phi) is 3.81. The zero-order valence-electron chi connectivity index (χ0n) is 10.7. The number of fused-ring (bicyclic) bond motifs is 1. The second-order valence-corrected chi connectivity index (χ2v) is 5.99. The molecule has 0 atom stereocenters. The monoisotopic (exact) mass is 323 g/mol. The number of imidazole rings is 1. The van der Waals surface area contributed by atoms with Gasteiger partial charge in [0.05, 0.1) is 18.1 Å². The molecule has 0 unspecified atom stereocenters. The zero-order chi connectivity index (χ0) is 13.2. The number of hydrogen-bond acceptors (Lipinski definition) is 4. The van der Waals surface area contributed by atoms with E-state index >= 15 is 0 Å². The molecule has 3 N–H and O–H groups in total. The van der Waals surface area contributed by atoms with Crippen molar-refractivity contribution in [1.29, 1.82) is 0 Å². The fourth-order valence-corrected chi connectivity index (χ4v) is 2.93. The molecular formula is C13H18BrN5. The molecule has 0 aromatic carbocycles. The molecule has 0 saturated heterocycles. The Labute approximate surface area is 120 Å². The van der Waals surface area contributed by atoms with E-state index in [0.717, 1.165) is 35.3 Å². The van der Waals surface area contributed by atoms with Crippen molar-refractivity contribution in [3.8, 4) is 0 Å². The summed E-state index contributed by atoms with van der Waals surface area (Å²) in [5.74, 6) is 0. The minimum absolute atomic E-state index is 0.399. The van der Waals surface area contributed by atoms with Crippen LogP contribution in [0.2, 0.25) is 0 Å². The molecule has 6 heteroatoms. The summed E-state index contributed by atoms with van der Waals surface area (Å²) in [7, 11) is 0. The highest BCUT2D eigenvalue weighted by atomic mass is 79.9. The fraction of sp³-hybridized carbons (Fsp3) is 0.538. The Morgan fingerprint density at radius 3 is 2.84 bits per heavy atom. The molecular weight excluding hydrogens is 306 g/mol. The van der Waals surface area contributed by atoms with Crippen LogP contribution in [0.4, 0.5) is 0 Å². The van der Waals surface area contributed by atoms with Crippen LogP contribution in [-0.2, 0) is 6.54 Å². The average Bonchev–Trinajstić information content (AvgIpc) is 2.80. The first-order chi connectivity index (χ1) is 9.22. The Morgan fingerprint density at radius 1 is 1.26 bits per heavy atom. The van der Waals surface area contributed by atoms with Crippen molar-refractivity contribution in [1.82, 2.24) is 19.7 Å². The smallest absolute Gasteiger partial charge is 0.155 e. The number of nitrogens with one attached hydrogen (secondary N) is 1. The van der Waals surface area contributed by atoms with E-state index in [9.17, 15) is 0 Å². The van der Waals surface area contributed by atoms with Crippen LogP contribution < -0.4 is 11.1 Å². The molecule has 0 amide bonds. The molecule has 0 bridgehead atoms. The number of rotatable bonds is 3. The van der Waals surface area contributed by atoms with Crippen molar-refractivity contribution in [2.45, 2.75) is 44.3 Å². The summed E-state index contributed by atoms with van der Waals surface area (Å²) in [6, 6.07) is 0.978. The largest absolute Gasteiger partial charge is 0.328 e. The molecule has 2 aromatic rings. The van der Waals surface area contributed by atoms with Crippen LogP contribution in [-0.4, -0.2) is 26.5 Å². The third kappa shape index (κ3) is 2.96. The van der Waals surface area contributed by atoms with Crippen LogP contribution in [0.15, 0.2) is 23.2 Å². The molecule has 102 valence electrons. The van der Waals surface area contributed by atoms with Crippen LogP contribution in [0.5, 0.6) is 0 Å². The average molecular weight is 324 g/mol. The quantitative estimate of drug-likeness (QED) is 0.904. The fourth-order valence-electron chi connectivity index (χ4n) is 2.62. The van der Waals surface area contributed by atoms with Gasteiger partial charge in [-0.15, -0.1) is 0 Å². The lowest BCUT2D eigenvalue weighted by Gasteiger charge is -2.26. The number of nitrogens with zero attached hydrogens (tertiary/aromatic N) is 3. The molecule has 0 spiro atoms. The van der Waals surface area contributed by atoms with Gasteiger partial charge in [-0.3, -0.25) is 4.40 Å². The Hall–Kier alpha value is -0.980. The summed E-state index contributed by atoms with van der Waals surface area (Å²) >= 11 is 3.39. The Morgan fingerprint density at radius 2 is 2.05 bits per heavy atom. The zero-order valence-corrected chi connectivity index (χ0v) is 12.3. The topological polar surface area (TPSA) is 68.2 Å². The highest BCUT2D eigenvalue weighted by Gasteiger charge is 2.18. The molecule has 2 aromatic heterocycles. The van der Waals surface area contributed by atoms with E-state index in [0.29, 0.717) is 12.1 Å². The molecule has 0 aliphatic heterocycles. The summed E-state index contributed by atoms with van der Waals surface area (Å²) < 4.78 is 2.89. The van der Waals surface area contributed by atoms with Crippen molar-refractivity contribution in [2.24, 2.45) is 5.73 Å². The summed E-state index contributed by atoms with van der Waals surface area (Å²) in [5, 5.41) is 3.60. The van der Waals surface area contributed by atoms with Gasteiger partial charge in [0.25, 0.3) is 0 Å². The molecule has 2 heterocycles. The van der Waals surface area contributed by atoms with Gasteiger partial charge in [0, 0.05) is 24.8 Å². The normalized spacial score (nSPS) is 23.9. The van der Waals surface area contributed by atoms with Gasteiger partial charge in [0.1, 0.15) is 4.60 Å². The number of halogens is 1. The van der Waals surface area contributed by atoms with Crippen LogP contribution >= 0.6 is 15.9 Å². The maximum atomic E-state index is 5.92. The summed E-state index contributed by atoms with van der Waals surface area (Å²) in [6.45, 7) is 0.831. The second kappa shape index (κ2) is 5.56. The van der Waals surface area contributed by atoms with Gasteiger partial charge in [-0.05, 0) is 41.6 Å². The summed E-state index contributed by atoms with van der Waals surface area (Å²) in [6.07, 6.45) is 10.2. The lowest BCUT2D eigenvalue weighted by molar-refractivity contribution is 0.340. The van der Waals surface area contributed by atoms with E-state index in [4.69, 9.17) is 5.73 Å². The number of hydrogen-bond donors (Lipinski definition) is 2. The summed E-state index contributed by atoms with van der Waals surface area (Å²) in [4.78, 5) is 8.53. The van der Waals surface area contributed by atoms with Gasteiger partial charge in [-0.25, -0.2) is 9.97 Å². The van der Waals surface area contributed by atoms with Gasteiger partial charge in [0.2, 0.25) is 0 Å². The molecule has 3 rings (SSSR count). The van der Waals surface area contributed by atoms with E-state index in [-0.39, 0.29) is 0 Å². The van der Waals surface area contributed by atoms with Crippen LogP contribution in [0.1, 0.15) is 31.4 Å². The third-order valence-electron chi connectivity index (χ3n) is 3.78. The van der Waals surface area contributed by atoms with E-state index in [2.05, 4.69) is 35.6 Å². The molecule has 5 nitrogen and oxygen atoms in total. The summed E-state index contributed by atoms with van der Waals surface area (Å²) in [5.41, 5.74) is 7.97. The van der Waals surface area contributed by atoms with E-state index < -0.39 is 0 Å². The van der Waals surface area contributed by atoms with Crippen LogP contribution in [0.25, 0.3) is 5.65 Å². The van der Waals surface area contributed by atoms with Crippen molar-refractivity contribution in [3.63, 3.8) is 0 Å². The van der Waals surface area contributed by atoms with E-state index in [1.54, 1.807) is 6.20 Å². The SMILES string of the molecule is NC1CCC(NCc2cnc3cnc(Br)cn23)CC1. The highest BCUT2D eigenvalue weighted by molar-refractivity contribution is 9.10. The predicted molar refractivity (Wildman–Crippen MR) is 77.8 cm³/mol.